The lowest BCUT2D eigenvalue weighted by atomic mass is 10.0. The number of furan rings is 1. The third kappa shape index (κ3) is 3.70. The Hall–Kier alpha value is -3.50. The molecule has 0 unspecified atom stereocenters. The van der Waals surface area contributed by atoms with Gasteiger partial charge in [-0.15, -0.1) is 0 Å². The summed E-state index contributed by atoms with van der Waals surface area (Å²) in [4.78, 5) is 32.4. The Kier molecular flexibility index (Phi) is 5.06. The Labute approximate surface area is 186 Å². The van der Waals surface area contributed by atoms with Crippen molar-refractivity contribution in [3.8, 4) is 11.1 Å². The number of ether oxygens (including phenoxy) is 1. The molecule has 33 heavy (non-hydrogen) atoms. The smallest absolute Gasteiger partial charge is 0.418 e. The summed E-state index contributed by atoms with van der Waals surface area (Å²) < 4.78 is 52.9. The molecule has 0 saturated carbocycles. The van der Waals surface area contributed by atoms with Crippen LogP contribution in [0.5, 0.6) is 0 Å². The van der Waals surface area contributed by atoms with Crippen LogP contribution in [-0.4, -0.2) is 63.6 Å². The molecule has 4 heterocycles. The van der Waals surface area contributed by atoms with Gasteiger partial charge >= 0.3 is 12.3 Å². The number of carbonyl (C=O) groups is 2. The van der Waals surface area contributed by atoms with Crippen LogP contribution >= 0.6 is 0 Å². The SMILES string of the molecule is Cn1c(C(=O)N2CCC(N3CCOC3=O)CC2)nc2c(C(F)(F)F)cc(-c3ccoc3)cc21. The maximum atomic E-state index is 13.8. The van der Waals surface area contributed by atoms with Crippen LogP contribution in [0.1, 0.15) is 29.0 Å². The third-order valence-electron chi connectivity index (χ3n) is 6.32. The highest BCUT2D eigenvalue weighted by molar-refractivity contribution is 5.96. The summed E-state index contributed by atoms with van der Waals surface area (Å²) in [5.41, 5.74) is -0.144. The molecule has 1 aromatic carbocycles. The van der Waals surface area contributed by atoms with Gasteiger partial charge in [-0.3, -0.25) is 4.79 Å². The van der Waals surface area contributed by atoms with Gasteiger partial charge in [-0.2, -0.15) is 13.2 Å². The van der Waals surface area contributed by atoms with Crippen LogP contribution < -0.4 is 0 Å². The van der Waals surface area contributed by atoms with Gasteiger partial charge in [-0.05, 0) is 36.6 Å². The normalized spacial score (nSPS) is 17.8. The number of piperidine rings is 1. The van der Waals surface area contributed by atoms with Crippen LogP contribution in [0.2, 0.25) is 0 Å². The molecular weight excluding hydrogens is 441 g/mol. The molecule has 0 spiro atoms. The second-order valence-electron chi connectivity index (χ2n) is 8.23. The molecule has 2 amide bonds. The van der Waals surface area contributed by atoms with Crippen molar-refractivity contribution in [2.24, 2.45) is 7.05 Å². The zero-order chi connectivity index (χ0) is 23.3. The molecule has 2 aliphatic rings. The zero-order valence-electron chi connectivity index (χ0n) is 17.8. The Balaban J connectivity index is 1.46. The highest BCUT2D eigenvalue weighted by Gasteiger charge is 2.37. The number of hydrogen-bond donors (Lipinski definition) is 0. The molecule has 174 valence electrons. The van der Waals surface area contributed by atoms with Crippen molar-refractivity contribution in [2.45, 2.75) is 25.1 Å². The Morgan fingerprint density at radius 1 is 1.15 bits per heavy atom. The number of cyclic esters (lactones) is 1. The van der Waals surface area contributed by atoms with Crippen molar-refractivity contribution >= 4 is 23.0 Å². The summed E-state index contributed by atoms with van der Waals surface area (Å²) in [6.45, 7) is 1.65. The molecule has 2 saturated heterocycles. The zero-order valence-corrected chi connectivity index (χ0v) is 17.8. The number of imidazole rings is 1. The van der Waals surface area contributed by atoms with E-state index in [4.69, 9.17) is 9.15 Å². The number of amides is 2. The Morgan fingerprint density at radius 2 is 1.91 bits per heavy atom. The van der Waals surface area contributed by atoms with E-state index in [0.29, 0.717) is 50.2 Å². The standard InChI is InChI=1S/C22H21F3N4O4/c1-27-17-11-14(13-4-8-32-12-13)10-16(22(23,24)25)18(17)26-19(27)20(30)28-5-2-15(3-6-28)29-7-9-33-21(29)31/h4,8,10-12,15H,2-3,5-7,9H2,1H3. The fraction of sp³-hybridized carbons (Fsp3) is 0.409. The first-order chi connectivity index (χ1) is 15.7. The van der Waals surface area contributed by atoms with E-state index in [-0.39, 0.29) is 29.0 Å². The minimum Gasteiger partial charge on any atom is -0.472 e. The van der Waals surface area contributed by atoms with Gasteiger partial charge in [0, 0.05) is 31.7 Å². The highest BCUT2D eigenvalue weighted by atomic mass is 19.4. The molecule has 0 bridgehead atoms. The average molecular weight is 462 g/mol. The summed E-state index contributed by atoms with van der Waals surface area (Å²) in [6.07, 6.45) is -1.09. The van der Waals surface area contributed by atoms with Crippen molar-refractivity contribution in [1.29, 1.82) is 0 Å². The first-order valence-corrected chi connectivity index (χ1v) is 10.6. The predicted molar refractivity (Wildman–Crippen MR) is 110 cm³/mol. The number of likely N-dealkylation sites (tertiary alicyclic amines) is 1. The van der Waals surface area contributed by atoms with Crippen molar-refractivity contribution in [3.05, 3.63) is 42.1 Å². The molecule has 5 rings (SSSR count). The van der Waals surface area contributed by atoms with Crippen molar-refractivity contribution in [2.75, 3.05) is 26.2 Å². The molecule has 11 heteroatoms. The summed E-state index contributed by atoms with van der Waals surface area (Å²) in [6, 6.07) is 4.16. The van der Waals surface area contributed by atoms with Crippen LogP contribution in [0.4, 0.5) is 18.0 Å². The number of fused-ring (bicyclic) bond motifs is 1. The van der Waals surface area contributed by atoms with Gasteiger partial charge in [0.05, 0.1) is 30.2 Å². The molecule has 0 atom stereocenters. The first-order valence-electron chi connectivity index (χ1n) is 10.6. The lowest BCUT2D eigenvalue weighted by Crippen LogP contribution is -2.47. The molecule has 0 N–H and O–H groups in total. The van der Waals surface area contributed by atoms with Gasteiger partial charge in [0.2, 0.25) is 0 Å². The van der Waals surface area contributed by atoms with Crippen LogP contribution in [0.25, 0.3) is 22.2 Å². The fourth-order valence-corrected chi connectivity index (χ4v) is 4.55. The molecule has 2 aromatic heterocycles. The fourth-order valence-electron chi connectivity index (χ4n) is 4.55. The predicted octanol–water partition coefficient (Wildman–Crippen LogP) is 3.91. The Bertz CT molecular complexity index is 1210. The van der Waals surface area contributed by atoms with Crippen LogP contribution in [0.3, 0.4) is 0 Å². The topological polar surface area (TPSA) is 80.8 Å². The second-order valence-corrected chi connectivity index (χ2v) is 8.23. The van der Waals surface area contributed by atoms with E-state index in [0.717, 1.165) is 6.07 Å². The molecule has 0 aliphatic carbocycles. The monoisotopic (exact) mass is 462 g/mol. The van der Waals surface area contributed by atoms with Crippen LogP contribution in [0, 0.1) is 0 Å². The van der Waals surface area contributed by atoms with E-state index in [1.54, 1.807) is 21.9 Å². The molecule has 0 radical (unpaired) electrons. The van der Waals surface area contributed by atoms with Gasteiger partial charge in [-0.25, -0.2) is 9.78 Å². The van der Waals surface area contributed by atoms with Crippen molar-refractivity contribution in [1.82, 2.24) is 19.4 Å². The number of halogens is 3. The number of nitrogens with zero attached hydrogens (tertiary/aromatic N) is 4. The summed E-state index contributed by atoms with van der Waals surface area (Å²) in [7, 11) is 1.54. The van der Waals surface area contributed by atoms with Gasteiger partial charge in [-0.1, -0.05) is 0 Å². The lowest BCUT2D eigenvalue weighted by Gasteiger charge is -2.35. The lowest BCUT2D eigenvalue weighted by molar-refractivity contribution is -0.136. The Morgan fingerprint density at radius 3 is 2.52 bits per heavy atom. The molecule has 2 fully saturated rings. The molecule has 8 nitrogen and oxygen atoms in total. The minimum atomic E-state index is -4.64. The number of benzene rings is 1. The largest absolute Gasteiger partial charge is 0.472 e. The van der Waals surface area contributed by atoms with E-state index < -0.39 is 17.6 Å². The summed E-state index contributed by atoms with van der Waals surface area (Å²) in [5, 5.41) is 0. The van der Waals surface area contributed by atoms with Gasteiger partial charge in [0.15, 0.2) is 5.82 Å². The summed E-state index contributed by atoms with van der Waals surface area (Å²) in [5.74, 6) is -0.493. The third-order valence-corrected chi connectivity index (χ3v) is 6.32. The molecule has 3 aromatic rings. The number of alkyl halides is 3. The van der Waals surface area contributed by atoms with E-state index >= 15 is 0 Å². The van der Waals surface area contributed by atoms with Gasteiger partial charge in [0.1, 0.15) is 12.1 Å². The number of aryl methyl sites for hydroxylation is 1. The number of aromatic nitrogens is 2. The maximum absolute atomic E-state index is 13.8. The molecular formula is C22H21F3N4O4. The number of hydrogen-bond acceptors (Lipinski definition) is 5. The first kappa shape index (κ1) is 21.4. The van der Waals surface area contributed by atoms with Crippen LogP contribution in [-0.2, 0) is 18.0 Å². The van der Waals surface area contributed by atoms with E-state index in [2.05, 4.69) is 4.98 Å². The number of carbonyl (C=O) groups excluding carboxylic acids is 2. The average Bonchev–Trinajstić information content (AvgIpc) is 3.53. The van der Waals surface area contributed by atoms with Crippen LogP contribution in [0.15, 0.2) is 35.1 Å². The summed E-state index contributed by atoms with van der Waals surface area (Å²) >= 11 is 0. The minimum absolute atomic E-state index is 0.0150. The second kappa shape index (κ2) is 7.82. The van der Waals surface area contributed by atoms with Gasteiger partial charge in [0.25, 0.3) is 5.91 Å². The quantitative estimate of drug-likeness (QED) is 0.590. The number of rotatable bonds is 3. The van der Waals surface area contributed by atoms with Crippen molar-refractivity contribution < 1.29 is 31.9 Å². The maximum Gasteiger partial charge on any atom is 0.418 e. The van der Waals surface area contributed by atoms with E-state index in [1.165, 1.54) is 24.1 Å². The van der Waals surface area contributed by atoms with Crippen molar-refractivity contribution in [3.63, 3.8) is 0 Å². The molecule has 2 aliphatic heterocycles. The highest BCUT2D eigenvalue weighted by Crippen LogP contribution is 2.38. The van der Waals surface area contributed by atoms with E-state index in [9.17, 15) is 22.8 Å². The van der Waals surface area contributed by atoms with Gasteiger partial charge < -0.3 is 23.5 Å². The van der Waals surface area contributed by atoms with E-state index in [1.807, 2.05) is 0 Å².